The first-order valence-electron chi connectivity index (χ1n) is 13.7. The third-order valence-corrected chi connectivity index (χ3v) is 8.65. The first kappa shape index (κ1) is 23.7. The molecule has 2 heterocycles. The van der Waals surface area contributed by atoms with Gasteiger partial charge in [-0.1, -0.05) is 74.5 Å². The van der Waals surface area contributed by atoms with Gasteiger partial charge in [0.25, 0.3) is 0 Å². The minimum absolute atomic E-state index is 0.0734. The van der Waals surface area contributed by atoms with Gasteiger partial charge >= 0.3 is 0 Å². The van der Waals surface area contributed by atoms with Crippen LogP contribution in [0.2, 0.25) is 0 Å². The summed E-state index contributed by atoms with van der Waals surface area (Å²) >= 11 is 0. The number of benzene rings is 4. The first-order valence-corrected chi connectivity index (χ1v) is 13.7. The van der Waals surface area contributed by atoms with Gasteiger partial charge in [0.05, 0.1) is 5.41 Å². The number of rotatable bonds is 4. The molecular weight excluding hydrogens is 448 g/mol. The van der Waals surface area contributed by atoms with Crippen molar-refractivity contribution in [1.29, 1.82) is 0 Å². The van der Waals surface area contributed by atoms with Crippen LogP contribution in [-0.4, -0.2) is 23.4 Å². The summed E-state index contributed by atoms with van der Waals surface area (Å²) in [7, 11) is 0. The van der Waals surface area contributed by atoms with Crippen molar-refractivity contribution in [2.75, 3.05) is 18.0 Å². The second-order valence-electron chi connectivity index (χ2n) is 11.4. The van der Waals surface area contributed by atoms with Gasteiger partial charge in [-0.2, -0.15) is 4.58 Å². The minimum atomic E-state index is -0.0734. The van der Waals surface area contributed by atoms with Crippen molar-refractivity contribution in [3.63, 3.8) is 0 Å². The van der Waals surface area contributed by atoms with Crippen LogP contribution in [0.3, 0.4) is 0 Å². The van der Waals surface area contributed by atoms with Crippen LogP contribution in [-0.2, 0) is 10.8 Å². The molecule has 2 aliphatic rings. The highest BCUT2D eigenvalue weighted by atomic mass is 15.2. The number of fused-ring (bicyclic) bond motifs is 6. The van der Waals surface area contributed by atoms with E-state index in [4.69, 9.17) is 0 Å². The maximum absolute atomic E-state index is 2.50. The molecule has 0 aromatic heterocycles. The number of hydrogen-bond acceptors (Lipinski definition) is 1. The fourth-order valence-electron chi connectivity index (χ4n) is 6.98. The van der Waals surface area contributed by atoms with Crippen molar-refractivity contribution < 1.29 is 4.58 Å². The molecule has 0 atom stereocenters. The van der Waals surface area contributed by atoms with Crippen LogP contribution in [0.1, 0.15) is 52.7 Å². The molecule has 37 heavy (non-hydrogen) atoms. The molecule has 6 rings (SSSR count). The van der Waals surface area contributed by atoms with Crippen molar-refractivity contribution in [1.82, 2.24) is 0 Å². The standard InChI is InChI=1S/C35H37N2/c1-7-36-28-22-20-24-14-9-11-16-26(24)32(28)34(3,4)30(36)18-13-19-31-35(5,6)33-27-17-12-10-15-25(27)21-23-29(33)37(31)8-2/h9-23H,7-8H2,1-6H3/q+1. The molecule has 2 heteroatoms. The molecule has 0 aliphatic carbocycles. The van der Waals surface area contributed by atoms with E-state index in [1.807, 2.05) is 0 Å². The lowest BCUT2D eigenvalue weighted by atomic mass is 9.79. The average molecular weight is 486 g/mol. The molecule has 2 aliphatic heterocycles. The van der Waals surface area contributed by atoms with Gasteiger partial charge in [-0.3, -0.25) is 0 Å². The first-order chi connectivity index (χ1) is 17.8. The molecule has 0 bridgehead atoms. The molecule has 0 amide bonds. The largest absolute Gasteiger partial charge is 0.344 e. The van der Waals surface area contributed by atoms with Crippen molar-refractivity contribution in [2.24, 2.45) is 0 Å². The summed E-state index contributed by atoms with van der Waals surface area (Å²) in [5, 5.41) is 5.35. The van der Waals surface area contributed by atoms with Gasteiger partial charge < -0.3 is 4.90 Å². The van der Waals surface area contributed by atoms with Gasteiger partial charge in [0.1, 0.15) is 6.54 Å². The van der Waals surface area contributed by atoms with E-state index < -0.39 is 0 Å². The lowest BCUT2D eigenvalue weighted by Gasteiger charge is -2.26. The maximum atomic E-state index is 2.50. The molecular formula is C35H37N2+. The molecule has 2 nitrogen and oxygen atoms in total. The maximum Gasteiger partial charge on any atom is 0.210 e. The Kier molecular flexibility index (Phi) is 5.42. The summed E-state index contributed by atoms with van der Waals surface area (Å²) < 4.78 is 2.50. The lowest BCUT2D eigenvalue weighted by Crippen LogP contribution is -2.28. The Morgan fingerprint density at radius 1 is 0.730 bits per heavy atom. The number of allylic oxidation sites excluding steroid dienone is 4. The Labute approximate surface area is 221 Å². The summed E-state index contributed by atoms with van der Waals surface area (Å²) in [6.45, 7) is 15.9. The second-order valence-corrected chi connectivity index (χ2v) is 11.4. The zero-order valence-electron chi connectivity index (χ0n) is 23.0. The van der Waals surface area contributed by atoms with Gasteiger partial charge in [-0.25, -0.2) is 0 Å². The van der Waals surface area contributed by atoms with Gasteiger partial charge in [0, 0.05) is 41.1 Å². The van der Waals surface area contributed by atoms with E-state index in [1.54, 1.807) is 0 Å². The average Bonchev–Trinajstić information content (AvgIpc) is 3.27. The van der Waals surface area contributed by atoms with Crippen molar-refractivity contribution >= 4 is 38.6 Å². The second kappa shape index (κ2) is 8.45. The summed E-state index contributed by atoms with van der Waals surface area (Å²) in [6.07, 6.45) is 7.01. The fraction of sp³-hybridized carbons (Fsp3) is 0.286. The molecule has 0 fully saturated rings. The van der Waals surface area contributed by atoms with Crippen LogP contribution in [0.4, 0.5) is 11.4 Å². The number of anilines is 1. The van der Waals surface area contributed by atoms with Crippen LogP contribution in [0.15, 0.2) is 96.7 Å². The highest BCUT2D eigenvalue weighted by Gasteiger charge is 2.45. The topological polar surface area (TPSA) is 6.25 Å². The highest BCUT2D eigenvalue weighted by Crippen LogP contribution is 2.50. The van der Waals surface area contributed by atoms with Crippen LogP contribution < -0.4 is 4.90 Å². The van der Waals surface area contributed by atoms with Crippen LogP contribution >= 0.6 is 0 Å². The monoisotopic (exact) mass is 485 g/mol. The Morgan fingerprint density at radius 2 is 1.35 bits per heavy atom. The van der Waals surface area contributed by atoms with Gasteiger partial charge in [-0.05, 0) is 73.0 Å². The molecule has 0 saturated carbocycles. The van der Waals surface area contributed by atoms with Gasteiger partial charge in [-0.15, -0.1) is 0 Å². The Bertz CT molecular complexity index is 1650. The third kappa shape index (κ3) is 3.35. The molecule has 0 radical (unpaired) electrons. The predicted molar refractivity (Wildman–Crippen MR) is 160 cm³/mol. The summed E-state index contributed by atoms with van der Waals surface area (Å²) in [5.74, 6) is 0. The van der Waals surface area contributed by atoms with Crippen LogP contribution in [0.25, 0.3) is 21.5 Å². The Balaban J connectivity index is 1.45. The van der Waals surface area contributed by atoms with E-state index in [9.17, 15) is 0 Å². The quantitative estimate of drug-likeness (QED) is 0.262. The smallest absolute Gasteiger partial charge is 0.210 e. The summed E-state index contributed by atoms with van der Waals surface area (Å²) in [6, 6.07) is 26.8. The molecule has 4 aromatic carbocycles. The van der Waals surface area contributed by atoms with E-state index in [1.165, 1.54) is 55.5 Å². The lowest BCUT2D eigenvalue weighted by molar-refractivity contribution is -0.433. The van der Waals surface area contributed by atoms with Crippen molar-refractivity contribution in [2.45, 2.75) is 52.4 Å². The molecule has 0 N–H and O–H groups in total. The molecule has 186 valence electrons. The van der Waals surface area contributed by atoms with Crippen molar-refractivity contribution in [3.8, 4) is 0 Å². The normalized spacial score (nSPS) is 19.0. The summed E-state index contributed by atoms with van der Waals surface area (Å²) in [4.78, 5) is 2.50. The van der Waals surface area contributed by atoms with Crippen LogP contribution in [0, 0.1) is 0 Å². The van der Waals surface area contributed by atoms with Gasteiger partial charge in [0.2, 0.25) is 5.69 Å². The number of hydrogen-bond donors (Lipinski definition) is 0. The SMILES string of the molecule is CCN1C(=CC=CC2=[N+](CC)c3ccc4ccccc4c3C2(C)C)C(C)(C)c2c1ccc1ccccc21. The van der Waals surface area contributed by atoms with E-state index >= 15 is 0 Å². The fourth-order valence-corrected chi connectivity index (χ4v) is 6.98. The predicted octanol–water partition coefficient (Wildman–Crippen LogP) is 8.65. The molecule has 0 unspecified atom stereocenters. The Hall–Kier alpha value is -3.65. The zero-order valence-corrected chi connectivity index (χ0v) is 23.0. The Morgan fingerprint density at radius 3 is 2.00 bits per heavy atom. The van der Waals surface area contributed by atoms with E-state index in [-0.39, 0.29) is 10.8 Å². The molecule has 0 saturated heterocycles. The third-order valence-electron chi connectivity index (χ3n) is 8.65. The number of likely N-dealkylation sites (N-methyl/N-ethyl adjacent to an activating group) is 1. The van der Waals surface area contributed by atoms with E-state index in [2.05, 4.69) is 142 Å². The summed E-state index contributed by atoms with van der Waals surface area (Å²) in [5.41, 5.74) is 8.14. The van der Waals surface area contributed by atoms with Crippen LogP contribution in [0.5, 0.6) is 0 Å². The molecule has 4 aromatic rings. The van der Waals surface area contributed by atoms with E-state index in [0.29, 0.717) is 0 Å². The van der Waals surface area contributed by atoms with E-state index in [0.717, 1.165) is 13.1 Å². The number of nitrogens with zero attached hydrogens (tertiary/aromatic N) is 2. The zero-order chi connectivity index (χ0) is 25.9. The minimum Gasteiger partial charge on any atom is -0.344 e. The van der Waals surface area contributed by atoms with Gasteiger partial charge in [0.15, 0.2) is 5.71 Å². The molecule has 0 spiro atoms. The highest BCUT2D eigenvalue weighted by molar-refractivity contribution is 6.07. The van der Waals surface area contributed by atoms with Crippen molar-refractivity contribution in [3.05, 3.63) is 108 Å².